The van der Waals surface area contributed by atoms with Gasteiger partial charge in [-0.2, -0.15) is 0 Å². The normalized spacial score (nSPS) is 18.8. The van der Waals surface area contributed by atoms with Crippen molar-refractivity contribution in [2.75, 3.05) is 0 Å². The molecule has 0 amide bonds. The van der Waals surface area contributed by atoms with E-state index in [1.807, 2.05) is 0 Å². The fraction of sp³-hybridized carbons (Fsp3) is 0.190. The number of hydrogen-bond acceptors (Lipinski definition) is 1. The molecular weight excluding hydrogens is 306 g/mol. The molecule has 0 unspecified atom stereocenters. The van der Waals surface area contributed by atoms with Gasteiger partial charge in [-0.1, -0.05) is 24.3 Å². The third-order valence-electron chi connectivity index (χ3n) is 4.10. The predicted octanol–water partition coefficient (Wildman–Crippen LogP) is 5.57. The van der Waals surface area contributed by atoms with Gasteiger partial charge in [-0.3, -0.25) is 4.79 Å². The molecule has 0 spiro atoms. The zero-order valence-corrected chi connectivity index (χ0v) is 13.3. The Balaban J connectivity index is 1.93. The van der Waals surface area contributed by atoms with E-state index in [2.05, 4.69) is 0 Å². The van der Waals surface area contributed by atoms with Crippen molar-refractivity contribution in [2.24, 2.45) is 0 Å². The highest BCUT2D eigenvalue weighted by Crippen LogP contribution is 2.27. The zero-order valence-electron chi connectivity index (χ0n) is 13.3. The second kappa shape index (κ2) is 7.35. The van der Waals surface area contributed by atoms with E-state index < -0.39 is 0 Å². The minimum Gasteiger partial charge on any atom is -0.289 e. The molecule has 2 aromatic rings. The molecule has 1 nitrogen and oxygen atoms in total. The Morgan fingerprint density at radius 2 is 1.21 bits per heavy atom. The topological polar surface area (TPSA) is 17.1 Å². The number of ketones is 1. The molecule has 0 heterocycles. The Morgan fingerprint density at radius 3 is 1.62 bits per heavy atom. The Morgan fingerprint density at radius 1 is 0.750 bits per heavy atom. The summed E-state index contributed by atoms with van der Waals surface area (Å²) in [4.78, 5) is 12.8. The molecule has 2 aromatic carbocycles. The standard InChI is InChI=1S/C21H18F2O/c22-19-9-3-5-15(13-19)11-17-7-1-2-8-18(21(17)24)12-16-6-4-10-20(23)14-16/h3-6,9-14H,1-2,7-8H2. The number of allylic oxidation sites excluding steroid dienone is 2. The fourth-order valence-corrected chi connectivity index (χ4v) is 2.93. The van der Waals surface area contributed by atoms with Crippen molar-refractivity contribution < 1.29 is 13.6 Å². The van der Waals surface area contributed by atoms with Crippen LogP contribution in [0.5, 0.6) is 0 Å². The van der Waals surface area contributed by atoms with E-state index in [1.54, 1.807) is 36.4 Å². The van der Waals surface area contributed by atoms with Crippen LogP contribution < -0.4 is 0 Å². The van der Waals surface area contributed by atoms with E-state index in [1.165, 1.54) is 24.3 Å². The van der Waals surface area contributed by atoms with Crippen LogP contribution in [0.15, 0.2) is 59.7 Å². The lowest BCUT2D eigenvalue weighted by Gasteiger charge is -2.06. The second-order valence-corrected chi connectivity index (χ2v) is 5.99. The molecular formula is C21H18F2O. The van der Waals surface area contributed by atoms with Crippen LogP contribution in [-0.2, 0) is 4.79 Å². The molecule has 0 aliphatic heterocycles. The number of carbonyl (C=O) groups is 1. The average molecular weight is 324 g/mol. The van der Waals surface area contributed by atoms with Gasteiger partial charge in [-0.25, -0.2) is 8.78 Å². The highest BCUT2D eigenvalue weighted by molar-refractivity contribution is 6.13. The molecule has 1 saturated carbocycles. The molecule has 0 radical (unpaired) electrons. The van der Waals surface area contributed by atoms with E-state index in [4.69, 9.17) is 0 Å². The number of Topliss-reactive ketones (excluding diaryl/α,β-unsaturated/α-hetero) is 1. The number of rotatable bonds is 2. The van der Waals surface area contributed by atoms with Gasteiger partial charge in [0.25, 0.3) is 0 Å². The van der Waals surface area contributed by atoms with Gasteiger partial charge in [0.05, 0.1) is 0 Å². The quantitative estimate of drug-likeness (QED) is 0.521. The van der Waals surface area contributed by atoms with Gasteiger partial charge in [0.2, 0.25) is 0 Å². The van der Waals surface area contributed by atoms with Gasteiger partial charge in [-0.05, 0) is 73.2 Å². The van der Waals surface area contributed by atoms with Crippen molar-refractivity contribution in [1.82, 2.24) is 0 Å². The first-order chi connectivity index (χ1) is 11.6. The summed E-state index contributed by atoms with van der Waals surface area (Å²) in [5.41, 5.74) is 2.73. The lowest BCUT2D eigenvalue weighted by Crippen LogP contribution is -2.04. The van der Waals surface area contributed by atoms with E-state index in [9.17, 15) is 13.6 Å². The van der Waals surface area contributed by atoms with Crippen molar-refractivity contribution >= 4 is 17.9 Å². The lowest BCUT2D eigenvalue weighted by molar-refractivity contribution is -0.112. The SMILES string of the molecule is O=C1C(=Cc2cccc(F)c2)CCCCC1=Cc1cccc(F)c1. The van der Waals surface area contributed by atoms with Crippen molar-refractivity contribution in [2.45, 2.75) is 25.7 Å². The fourth-order valence-electron chi connectivity index (χ4n) is 2.93. The number of halogens is 2. The van der Waals surface area contributed by atoms with E-state index in [0.717, 1.165) is 12.8 Å². The molecule has 0 atom stereocenters. The van der Waals surface area contributed by atoms with Crippen LogP contribution in [0.3, 0.4) is 0 Å². The molecule has 1 aliphatic rings. The number of benzene rings is 2. The van der Waals surface area contributed by atoms with Crippen molar-refractivity contribution in [3.63, 3.8) is 0 Å². The summed E-state index contributed by atoms with van der Waals surface area (Å²) in [5, 5.41) is 0. The highest BCUT2D eigenvalue weighted by Gasteiger charge is 2.19. The third-order valence-corrected chi connectivity index (χ3v) is 4.10. The summed E-state index contributed by atoms with van der Waals surface area (Å²) in [6.07, 6.45) is 6.69. The molecule has 1 aliphatic carbocycles. The molecule has 0 N–H and O–H groups in total. The van der Waals surface area contributed by atoms with Crippen molar-refractivity contribution in [3.05, 3.63) is 82.4 Å². The van der Waals surface area contributed by atoms with Crippen LogP contribution >= 0.6 is 0 Å². The number of hydrogen-bond donors (Lipinski definition) is 0. The summed E-state index contributed by atoms with van der Waals surface area (Å²) in [6, 6.07) is 12.4. The van der Waals surface area contributed by atoms with Crippen LogP contribution in [-0.4, -0.2) is 5.78 Å². The van der Waals surface area contributed by atoms with Gasteiger partial charge in [0, 0.05) is 11.1 Å². The van der Waals surface area contributed by atoms with Crippen LogP contribution in [0.25, 0.3) is 12.2 Å². The third kappa shape index (κ3) is 4.05. The van der Waals surface area contributed by atoms with E-state index in [0.29, 0.717) is 35.1 Å². The Kier molecular flexibility index (Phi) is 4.99. The lowest BCUT2D eigenvalue weighted by atomic mass is 9.98. The van der Waals surface area contributed by atoms with Crippen LogP contribution in [0, 0.1) is 11.6 Å². The maximum Gasteiger partial charge on any atom is 0.185 e. The molecule has 24 heavy (non-hydrogen) atoms. The summed E-state index contributed by atoms with van der Waals surface area (Å²) in [6.45, 7) is 0. The first kappa shape index (κ1) is 16.3. The minimum atomic E-state index is -0.319. The zero-order chi connectivity index (χ0) is 16.9. The Hall–Kier alpha value is -2.55. The summed E-state index contributed by atoms with van der Waals surface area (Å²) < 4.78 is 26.7. The van der Waals surface area contributed by atoms with Gasteiger partial charge >= 0.3 is 0 Å². The van der Waals surface area contributed by atoms with Crippen LogP contribution in [0.2, 0.25) is 0 Å². The van der Waals surface area contributed by atoms with Gasteiger partial charge in [0.1, 0.15) is 11.6 Å². The number of carbonyl (C=O) groups excluding carboxylic acids is 1. The van der Waals surface area contributed by atoms with Gasteiger partial charge in [0.15, 0.2) is 5.78 Å². The minimum absolute atomic E-state index is 0.0268. The molecule has 3 rings (SSSR count). The smallest absolute Gasteiger partial charge is 0.185 e. The molecule has 122 valence electrons. The second-order valence-electron chi connectivity index (χ2n) is 5.99. The Labute approximate surface area is 140 Å². The first-order valence-corrected chi connectivity index (χ1v) is 8.09. The van der Waals surface area contributed by atoms with Crippen LogP contribution in [0.1, 0.15) is 36.8 Å². The van der Waals surface area contributed by atoms with E-state index >= 15 is 0 Å². The van der Waals surface area contributed by atoms with Crippen molar-refractivity contribution in [3.8, 4) is 0 Å². The summed E-state index contributed by atoms with van der Waals surface area (Å²) in [5.74, 6) is -0.664. The average Bonchev–Trinajstić information content (AvgIpc) is 2.71. The maximum absolute atomic E-state index is 13.3. The molecule has 0 aromatic heterocycles. The molecule has 3 heteroatoms. The molecule has 0 saturated heterocycles. The monoisotopic (exact) mass is 324 g/mol. The summed E-state index contributed by atoms with van der Waals surface area (Å²) >= 11 is 0. The Bertz CT molecular complexity index is 751. The predicted molar refractivity (Wildman–Crippen MR) is 92.2 cm³/mol. The van der Waals surface area contributed by atoms with Crippen LogP contribution in [0.4, 0.5) is 8.78 Å². The first-order valence-electron chi connectivity index (χ1n) is 8.09. The van der Waals surface area contributed by atoms with Gasteiger partial charge < -0.3 is 0 Å². The van der Waals surface area contributed by atoms with Crippen molar-refractivity contribution in [1.29, 1.82) is 0 Å². The maximum atomic E-state index is 13.3. The molecule has 0 bridgehead atoms. The van der Waals surface area contributed by atoms with E-state index in [-0.39, 0.29) is 17.4 Å². The summed E-state index contributed by atoms with van der Waals surface area (Å²) in [7, 11) is 0. The molecule has 1 fully saturated rings. The highest BCUT2D eigenvalue weighted by atomic mass is 19.1. The van der Waals surface area contributed by atoms with Gasteiger partial charge in [-0.15, -0.1) is 0 Å². The largest absolute Gasteiger partial charge is 0.289 e.